The van der Waals surface area contributed by atoms with E-state index in [-0.39, 0.29) is 12.1 Å². The monoisotopic (exact) mass is 325 g/mol. The third-order valence-electron chi connectivity index (χ3n) is 3.72. The predicted octanol–water partition coefficient (Wildman–Crippen LogP) is 2.79. The first kappa shape index (κ1) is 17.7. The molecule has 1 fully saturated rings. The molecule has 0 atom stereocenters. The summed E-state index contributed by atoms with van der Waals surface area (Å²) in [4.78, 5) is 6.32. The Morgan fingerprint density at radius 2 is 2.17 bits per heavy atom. The maximum absolute atomic E-state index is 13.6. The highest BCUT2D eigenvalue weighted by molar-refractivity contribution is 5.79. The van der Waals surface area contributed by atoms with Crippen molar-refractivity contribution in [2.75, 3.05) is 33.4 Å². The zero-order valence-electron chi connectivity index (χ0n) is 13.8. The smallest absolute Gasteiger partial charge is 0.194 e. The molecule has 1 saturated carbocycles. The van der Waals surface area contributed by atoms with Gasteiger partial charge in [0.05, 0.1) is 13.2 Å². The lowest BCUT2D eigenvalue weighted by Crippen LogP contribution is -2.40. The lowest BCUT2D eigenvalue weighted by Gasteiger charge is -2.22. The van der Waals surface area contributed by atoms with Crippen molar-refractivity contribution in [1.29, 1.82) is 0 Å². The summed E-state index contributed by atoms with van der Waals surface area (Å²) in [7, 11) is 1.91. The maximum Gasteiger partial charge on any atom is 0.194 e. The molecule has 0 aromatic heterocycles. The molecule has 0 unspecified atom stereocenters. The summed E-state index contributed by atoms with van der Waals surface area (Å²) < 4.78 is 32.5. The van der Waals surface area contributed by atoms with E-state index < -0.39 is 11.6 Å². The van der Waals surface area contributed by atoms with E-state index in [2.05, 4.69) is 10.3 Å². The SMILES string of the molecule is CCNC(=NCc1cc(F)ccc1F)N(C)CCOCC1CC1. The summed E-state index contributed by atoms with van der Waals surface area (Å²) in [6, 6.07) is 3.42. The molecule has 0 aliphatic heterocycles. The quantitative estimate of drug-likeness (QED) is 0.454. The van der Waals surface area contributed by atoms with E-state index in [9.17, 15) is 8.78 Å². The Hall–Kier alpha value is -1.69. The van der Waals surface area contributed by atoms with Gasteiger partial charge in [-0.3, -0.25) is 0 Å². The molecule has 0 heterocycles. The minimum Gasteiger partial charge on any atom is -0.379 e. The maximum atomic E-state index is 13.6. The molecule has 1 aliphatic rings. The van der Waals surface area contributed by atoms with Gasteiger partial charge in [-0.15, -0.1) is 0 Å². The summed E-state index contributed by atoms with van der Waals surface area (Å²) in [5.41, 5.74) is 0.249. The van der Waals surface area contributed by atoms with Crippen LogP contribution >= 0.6 is 0 Å². The molecule has 128 valence electrons. The first-order chi connectivity index (χ1) is 11.1. The molecular weight excluding hydrogens is 300 g/mol. The zero-order chi connectivity index (χ0) is 16.7. The van der Waals surface area contributed by atoms with Gasteiger partial charge >= 0.3 is 0 Å². The van der Waals surface area contributed by atoms with Gasteiger partial charge in [0.15, 0.2) is 5.96 Å². The summed E-state index contributed by atoms with van der Waals surface area (Å²) in [5, 5.41) is 3.15. The Bertz CT molecular complexity index is 533. The summed E-state index contributed by atoms with van der Waals surface area (Å²) in [5.74, 6) is 0.509. The number of halogens is 2. The highest BCUT2D eigenvalue weighted by atomic mass is 19.1. The summed E-state index contributed by atoms with van der Waals surface area (Å²) in [6.45, 7) is 4.93. The molecule has 1 aromatic carbocycles. The molecule has 4 nitrogen and oxygen atoms in total. The van der Waals surface area contributed by atoms with E-state index >= 15 is 0 Å². The third kappa shape index (κ3) is 6.14. The fourth-order valence-electron chi connectivity index (χ4n) is 2.14. The van der Waals surface area contributed by atoms with Gasteiger partial charge in [0.25, 0.3) is 0 Å². The first-order valence-electron chi connectivity index (χ1n) is 8.11. The molecule has 0 saturated heterocycles. The van der Waals surface area contributed by atoms with Gasteiger partial charge in [-0.1, -0.05) is 0 Å². The van der Waals surface area contributed by atoms with Crippen molar-refractivity contribution >= 4 is 5.96 Å². The minimum absolute atomic E-state index is 0.0964. The van der Waals surface area contributed by atoms with Gasteiger partial charge in [-0.2, -0.15) is 0 Å². The van der Waals surface area contributed by atoms with E-state index in [1.165, 1.54) is 18.9 Å². The third-order valence-corrected chi connectivity index (χ3v) is 3.72. The molecular formula is C17H25F2N3O. The standard InChI is InChI=1S/C17H25F2N3O/c1-3-20-17(22(2)8-9-23-12-13-4-5-13)21-11-14-10-15(18)6-7-16(14)19/h6-7,10,13H,3-5,8-9,11-12H2,1-2H3,(H,20,21). The number of hydrogen-bond acceptors (Lipinski definition) is 2. The lowest BCUT2D eigenvalue weighted by molar-refractivity contribution is 0.115. The van der Waals surface area contributed by atoms with Crippen LogP contribution in [0.5, 0.6) is 0 Å². The van der Waals surface area contributed by atoms with Crippen LogP contribution in [0.25, 0.3) is 0 Å². The highest BCUT2D eigenvalue weighted by Crippen LogP contribution is 2.28. The molecule has 23 heavy (non-hydrogen) atoms. The van der Waals surface area contributed by atoms with Crippen LogP contribution < -0.4 is 5.32 Å². The number of nitrogens with one attached hydrogen (secondary N) is 1. The van der Waals surface area contributed by atoms with Gasteiger partial charge in [-0.05, 0) is 43.9 Å². The first-order valence-corrected chi connectivity index (χ1v) is 8.11. The number of aliphatic imine (C=N–C) groups is 1. The van der Waals surface area contributed by atoms with Crippen LogP contribution in [-0.2, 0) is 11.3 Å². The van der Waals surface area contributed by atoms with Crippen molar-refractivity contribution in [3.05, 3.63) is 35.4 Å². The molecule has 0 spiro atoms. The van der Waals surface area contributed by atoms with E-state index in [1.807, 2.05) is 18.9 Å². The topological polar surface area (TPSA) is 36.9 Å². The van der Waals surface area contributed by atoms with Gasteiger partial charge < -0.3 is 15.0 Å². The van der Waals surface area contributed by atoms with Gasteiger partial charge in [-0.25, -0.2) is 13.8 Å². The second-order valence-electron chi connectivity index (χ2n) is 5.85. The van der Waals surface area contributed by atoms with Crippen molar-refractivity contribution in [2.45, 2.75) is 26.3 Å². The van der Waals surface area contributed by atoms with Crippen LogP contribution in [0.4, 0.5) is 8.78 Å². The fourth-order valence-corrected chi connectivity index (χ4v) is 2.14. The number of nitrogens with zero attached hydrogens (tertiary/aromatic N) is 2. The summed E-state index contributed by atoms with van der Waals surface area (Å²) in [6.07, 6.45) is 2.55. The number of benzene rings is 1. The van der Waals surface area contributed by atoms with E-state index in [0.717, 1.165) is 24.7 Å². The normalized spacial score (nSPS) is 14.9. The molecule has 1 aliphatic carbocycles. The Kier molecular flexibility index (Phi) is 6.77. The molecule has 0 bridgehead atoms. The molecule has 1 N–H and O–H groups in total. The van der Waals surface area contributed by atoms with Crippen molar-refractivity contribution in [3.8, 4) is 0 Å². The van der Waals surface area contributed by atoms with Crippen molar-refractivity contribution in [1.82, 2.24) is 10.2 Å². The van der Waals surface area contributed by atoms with Crippen LogP contribution in [0.15, 0.2) is 23.2 Å². The van der Waals surface area contributed by atoms with Crippen LogP contribution in [-0.4, -0.2) is 44.2 Å². The summed E-state index contributed by atoms with van der Waals surface area (Å²) >= 11 is 0. The van der Waals surface area contributed by atoms with Crippen LogP contribution in [0.3, 0.4) is 0 Å². The van der Waals surface area contributed by atoms with Crippen LogP contribution in [0.1, 0.15) is 25.3 Å². The second-order valence-corrected chi connectivity index (χ2v) is 5.85. The predicted molar refractivity (Wildman–Crippen MR) is 87.3 cm³/mol. The number of likely N-dealkylation sites (N-methyl/N-ethyl adjacent to an activating group) is 1. The molecule has 6 heteroatoms. The average molecular weight is 325 g/mol. The lowest BCUT2D eigenvalue weighted by atomic mass is 10.2. The molecule has 0 amide bonds. The largest absolute Gasteiger partial charge is 0.379 e. The van der Waals surface area contributed by atoms with E-state index in [4.69, 9.17) is 4.74 Å². The zero-order valence-corrected chi connectivity index (χ0v) is 13.8. The fraction of sp³-hybridized carbons (Fsp3) is 0.588. The van der Waals surface area contributed by atoms with Crippen LogP contribution in [0, 0.1) is 17.6 Å². The van der Waals surface area contributed by atoms with E-state index in [1.54, 1.807) is 0 Å². The molecule has 0 radical (unpaired) electrons. The second kappa shape index (κ2) is 8.82. The van der Waals surface area contributed by atoms with Crippen molar-refractivity contribution in [2.24, 2.45) is 10.9 Å². The minimum atomic E-state index is -0.455. The number of guanidine groups is 1. The van der Waals surface area contributed by atoms with Gasteiger partial charge in [0.1, 0.15) is 11.6 Å². The Morgan fingerprint density at radius 1 is 1.39 bits per heavy atom. The number of ether oxygens (including phenoxy) is 1. The Labute approximate surface area is 136 Å². The van der Waals surface area contributed by atoms with Crippen molar-refractivity contribution in [3.63, 3.8) is 0 Å². The Balaban J connectivity index is 1.88. The van der Waals surface area contributed by atoms with E-state index in [0.29, 0.717) is 25.7 Å². The van der Waals surface area contributed by atoms with Gasteiger partial charge in [0.2, 0.25) is 0 Å². The number of hydrogen-bond donors (Lipinski definition) is 1. The van der Waals surface area contributed by atoms with Crippen molar-refractivity contribution < 1.29 is 13.5 Å². The average Bonchev–Trinajstić information content (AvgIpc) is 3.35. The van der Waals surface area contributed by atoms with Gasteiger partial charge in [0, 0.05) is 32.3 Å². The number of rotatable bonds is 8. The Morgan fingerprint density at radius 3 is 2.87 bits per heavy atom. The highest BCUT2D eigenvalue weighted by Gasteiger charge is 2.21. The molecule has 2 rings (SSSR count). The van der Waals surface area contributed by atoms with Crippen LogP contribution in [0.2, 0.25) is 0 Å². The molecule has 1 aromatic rings.